The molecule has 0 unspecified atom stereocenters. The van der Waals surface area contributed by atoms with E-state index in [-0.39, 0.29) is 6.42 Å². The summed E-state index contributed by atoms with van der Waals surface area (Å²) in [4.78, 5) is 10.7. The maximum absolute atomic E-state index is 12.3. The van der Waals surface area contributed by atoms with Crippen LogP contribution in [0.4, 0.5) is 18.9 Å². The molecule has 1 rings (SSSR count). The fourth-order valence-electron chi connectivity index (χ4n) is 1.26. The molecule has 0 fully saturated rings. The van der Waals surface area contributed by atoms with Gasteiger partial charge in [0.15, 0.2) is 5.69 Å². The molecule has 0 aliphatic carbocycles. The summed E-state index contributed by atoms with van der Waals surface area (Å²) in [6, 6.07) is -1.14. The summed E-state index contributed by atoms with van der Waals surface area (Å²) < 4.78 is 37.7. The normalized spacial score (nSPS) is 13.8. The number of carboxylic acids is 1. The molecular weight excluding hydrogens is 227 g/mol. The molecular formula is C8H10F3N3O2. The van der Waals surface area contributed by atoms with E-state index in [9.17, 15) is 18.0 Å². The zero-order valence-corrected chi connectivity index (χ0v) is 8.32. The van der Waals surface area contributed by atoms with Gasteiger partial charge in [-0.05, 0) is 6.42 Å². The molecule has 1 heterocycles. The first-order valence-electron chi connectivity index (χ1n) is 4.42. The molecule has 90 valence electrons. The molecule has 1 atom stereocenters. The molecule has 0 aliphatic heterocycles. The quantitative estimate of drug-likeness (QED) is 0.835. The minimum Gasteiger partial charge on any atom is -0.480 e. The maximum Gasteiger partial charge on any atom is 0.437 e. The van der Waals surface area contributed by atoms with Gasteiger partial charge in [-0.15, -0.1) is 0 Å². The summed E-state index contributed by atoms with van der Waals surface area (Å²) in [6.07, 6.45) is -3.68. The molecule has 0 amide bonds. The van der Waals surface area contributed by atoms with E-state index in [1.807, 2.05) is 0 Å². The lowest BCUT2D eigenvalue weighted by Gasteiger charge is -2.09. The highest BCUT2D eigenvalue weighted by molar-refractivity contribution is 5.71. The van der Waals surface area contributed by atoms with E-state index in [4.69, 9.17) is 10.8 Å². The van der Waals surface area contributed by atoms with Gasteiger partial charge in [0.1, 0.15) is 6.04 Å². The third-order valence-corrected chi connectivity index (χ3v) is 2.02. The van der Waals surface area contributed by atoms with E-state index < -0.39 is 29.6 Å². The van der Waals surface area contributed by atoms with Crippen LogP contribution in [0.15, 0.2) is 6.20 Å². The number of nitrogens with zero attached hydrogens (tertiary/aromatic N) is 2. The Morgan fingerprint density at radius 1 is 1.69 bits per heavy atom. The van der Waals surface area contributed by atoms with Crippen molar-refractivity contribution in [3.05, 3.63) is 11.9 Å². The molecule has 0 aromatic carbocycles. The average molecular weight is 237 g/mol. The summed E-state index contributed by atoms with van der Waals surface area (Å²) in [5.74, 6) is -1.25. The number of alkyl halides is 3. The lowest BCUT2D eigenvalue weighted by atomic mass is 10.2. The summed E-state index contributed by atoms with van der Waals surface area (Å²) >= 11 is 0. The number of rotatable bonds is 3. The van der Waals surface area contributed by atoms with Crippen molar-refractivity contribution < 1.29 is 23.1 Å². The third-order valence-electron chi connectivity index (χ3n) is 2.02. The molecule has 0 spiro atoms. The van der Waals surface area contributed by atoms with E-state index >= 15 is 0 Å². The van der Waals surface area contributed by atoms with Gasteiger partial charge in [-0.1, -0.05) is 6.92 Å². The Labute approximate surface area is 88.7 Å². The van der Waals surface area contributed by atoms with Gasteiger partial charge < -0.3 is 10.8 Å². The monoisotopic (exact) mass is 237 g/mol. The minimum atomic E-state index is -4.67. The molecule has 1 aromatic rings. The fourth-order valence-corrected chi connectivity index (χ4v) is 1.26. The zero-order chi connectivity index (χ0) is 12.5. The van der Waals surface area contributed by atoms with Gasteiger partial charge in [-0.25, -0.2) is 4.79 Å². The highest BCUT2D eigenvalue weighted by Crippen LogP contribution is 2.32. The minimum absolute atomic E-state index is 0.119. The van der Waals surface area contributed by atoms with E-state index in [1.165, 1.54) is 6.92 Å². The lowest BCUT2D eigenvalue weighted by Crippen LogP contribution is -2.19. The van der Waals surface area contributed by atoms with Gasteiger partial charge in [-0.3, -0.25) is 4.68 Å². The molecule has 0 bridgehead atoms. The van der Waals surface area contributed by atoms with Crippen molar-refractivity contribution in [2.45, 2.75) is 25.6 Å². The Kier molecular flexibility index (Phi) is 3.11. The molecule has 8 heteroatoms. The number of aromatic nitrogens is 2. The largest absolute Gasteiger partial charge is 0.480 e. The van der Waals surface area contributed by atoms with Gasteiger partial charge in [0, 0.05) is 6.20 Å². The number of carbonyl (C=O) groups is 1. The van der Waals surface area contributed by atoms with Crippen molar-refractivity contribution in [3.63, 3.8) is 0 Å². The number of carboxylic acid groups (broad SMARTS) is 1. The lowest BCUT2D eigenvalue weighted by molar-refractivity contribution is -0.144. The molecule has 0 radical (unpaired) electrons. The Hall–Kier alpha value is -1.73. The van der Waals surface area contributed by atoms with Crippen molar-refractivity contribution in [2.75, 3.05) is 5.73 Å². The number of nitrogens with two attached hydrogens (primary N) is 1. The molecule has 3 N–H and O–H groups in total. The van der Waals surface area contributed by atoms with Crippen LogP contribution in [0.3, 0.4) is 0 Å². The van der Waals surface area contributed by atoms with Crippen LogP contribution >= 0.6 is 0 Å². The molecule has 0 saturated heterocycles. The fraction of sp³-hybridized carbons (Fsp3) is 0.500. The van der Waals surface area contributed by atoms with E-state index in [2.05, 4.69) is 5.10 Å². The predicted octanol–water partition coefficient (Wildman–Crippen LogP) is 1.52. The van der Waals surface area contributed by atoms with Gasteiger partial charge in [0.05, 0.1) is 5.69 Å². The Balaban J connectivity index is 3.14. The van der Waals surface area contributed by atoms with Crippen molar-refractivity contribution in [1.29, 1.82) is 0 Å². The van der Waals surface area contributed by atoms with Gasteiger partial charge >= 0.3 is 12.1 Å². The summed E-state index contributed by atoms with van der Waals surface area (Å²) in [5, 5.41) is 11.9. The average Bonchev–Trinajstić information content (AvgIpc) is 2.47. The highest BCUT2D eigenvalue weighted by atomic mass is 19.4. The van der Waals surface area contributed by atoms with Gasteiger partial charge in [-0.2, -0.15) is 18.3 Å². The number of nitrogen functional groups attached to an aromatic ring is 1. The van der Waals surface area contributed by atoms with Crippen LogP contribution in [-0.4, -0.2) is 20.9 Å². The summed E-state index contributed by atoms with van der Waals surface area (Å²) in [7, 11) is 0. The second-order valence-electron chi connectivity index (χ2n) is 3.17. The molecule has 16 heavy (non-hydrogen) atoms. The maximum atomic E-state index is 12.3. The molecule has 5 nitrogen and oxygen atoms in total. The SMILES string of the molecule is CC[C@@H](C(=O)O)n1cc(N)c(C(F)(F)F)n1. The van der Waals surface area contributed by atoms with E-state index in [0.29, 0.717) is 0 Å². The first-order valence-corrected chi connectivity index (χ1v) is 4.42. The first-order chi connectivity index (χ1) is 7.27. The molecule has 0 aliphatic rings. The number of aliphatic carboxylic acids is 1. The Morgan fingerprint density at radius 3 is 2.56 bits per heavy atom. The van der Waals surface area contributed by atoms with Crippen LogP contribution in [0.1, 0.15) is 25.1 Å². The molecule has 1 aromatic heterocycles. The van der Waals surface area contributed by atoms with Gasteiger partial charge in [0.2, 0.25) is 0 Å². The summed E-state index contributed by atoms with van der Waals surface area (Å²) in [5.41, 5.74) is 3.29. The second-order valence-corrected chi connectivity index (χ2v) is 3.17. The zero-order valence-electron chi connectivity index (χ0n) is 8.32. The topological polar surface area (TPSA) is 81.1 Å². The van der Waals surface area contributed by atoms with Gasteiger partial charge in [0.25, 0.3) is 0 Å². The summed E-state index contributed by atoms with van der Waals surface area (Å²) in [6.45, 7) is 1.53. The van der Waals surface area contributed by atoms with E-state index in [1.54, 1.807) is 0 Å². The van der Waals surface area contributed by atoms with Crippen LogP contribution < -0.4 is 5.73 Å². The Morgan fingerprint density at radius 2 is 2.25 bits per heavy atom. The van der Waals surface area contributed by atoms with Crippen LogP contribution in [0, 0.1) is 0 Å². The van der Waals surface area contributed by atoms with Crippen LogP contribution in [0.5, 0.6) is 0 Å². The number of hydrogen-bond acceptors (Lipinski definition) is 3. The van der Waals surface area contributed by atoms with E-state index in [0.717, 1.165) is 10.9 Å². The number of halogens is 3. The smallest absolute Gasteiger partial charge is 0.437 e. The van der Waals surface area contributed by atoms with Crippen LogP contribution in [0.25, 0.3) is 0 Å². The third kappa shape index (κ3) is 2.26. The van der Waals surface area contributed by atoms with Crippen molar-refractivity contribution in [1.82, 2.24) is 9.78 Å². The highest BCUT2D eigenvalue weighted by Gasteiger charge is 2.37. The van der Waals surface area contributed by atoms with Crippen molar-refractivity contribution in [3.8, 4) is 0 Å². The number of anilines is 1. The van der Waals surface area contributed by atoms with Crippen molar-refractivity contribution in [2.24, 2.45) is 0 Å². The molecule has 0 saturated carbocycles. The second kappa shape index (κ2) is 4.03. The van der Waals surface area contributed by atoms with Crippen LogP contribution in [-0.2, 0) is 11.0 Å². The van der Waals surface area contributed by atoms with Crippen LogP contribution in [0.2, 0.25) is 0 Å². The first kappa shape index (κ1) is 12.3. The van der Waals surface area contributed by atoms with Crippen molar-refractivity contribution >= 4 is 11.7 Å². The number of hydrogen-bond donors (Lipinski definition) is 2. The Bertz CT molecular complexity index is 400. The predicted molar refractivity (Wildman–Crippen MR) is 48.6 cm³/mol. The standard InChI is InChI=1S/C8H10F3N3O2/c1-2-5(7(15)16)14-3-4(12)6(13-14)8(9,10)11/h3,5H,2,12H2,1H3,(H,15,16)/t5-/m0/s1.